The van der Waals surface area contributed by atoms with Crippen molar-refractivity contribution in [2.24, 2.45) is 0 Å². The molecule has 0 aromatic heterocycles. The summed E-state index contributed by atoms with van der Waals surface area (Å²) >= 11 is 0. The monoisotopic (exact) mass is 307 g/mol. The molecule has 0 heterocycles. The Bertz CT molecular complexity index is 589. The zero-order chi connectivity index (χ0) is 15.3. The average molecular weight is 307 g/mol. The minimum Gasteiger partial charge on any atom is -0.494 e. The quantitative estimate of drug-likeness (QED) is 0.651. The highest BCUT2D eigenvalue weighted by atomic mass is 32.2. The molecule has 1 aromatic rings. The van der Waals surface area contributed by atoms with E-state index in [1.807, 2.05) is 4.72 Å². The Labute approximate surface area is 115 Å². The van der Waals surface area contributed by atoms with E-state index in [1.165, 1.54) is 7.11 Å². The summed E-state index contributed by atoms with van der Waals surface area (Å²) in [4.78, 5) is 10.4. The van der Waals surface area contributed by atoms with Gasteiger partial charge in [0.1, 0.15) is 6.04 Å². The second-order valence-corrected chi connectivity index (χ2v) is 5.53. The SMILES string of the molecule is COc1ccc(S(=O)(=O)NC(CCO)C(=O)O)cc1F. The third-order valence-corrected chi connectivity index (χ3v) is 3.92. The Morgan fingerprint density at radius 1 is 1.50 bits per heavy atom. The first-order valence-electron chi connectivity index (χ1n) is 5.51. The number of carboxylic acid groups (broad SMARTS) is 1. The number of carbonyl (C=O) groups is 1. The zero-order valence-electron chi connectivity index (χ0n) is 10.5. The maximum Gasteiger partial charge on any atom is 0.321 e. The van der Waals surface area contributed by atoms with Gasteiger partial charge in [-0.2, -0.15) is 4.72 Å². The van der Waals surface area contributed by atoms with E-state index >= 15 is 0 Å². The van der Waals surface area contributed by atoms with Gasteiger partial charge in [0.25, 0.3) is 0 Å². The summed E-state index contributed by atoms with van der Waals surface area (Å²) in [5.74, 6) is -2.45. The van der Waals surface area contributed by atoms with Gasteiger partial charge in [-0.3, -0.25) is 4.79 Å². The van der Waals surface area contributed by atoms with Gasteiger partial charge >= 0.3 is 5.97 Å². The normalized spacial score (nSPS) is 12.9. The largest absolute Gasteiger partial charge is 0.494 e. The predicted molar refractivity (Wildman–Crippen MR) is 66.4 cm³/mol. The molecule has 1 aromatic carbocycles. The van der Waals surface area contributed by atoms with E-state index < -0.39 is 39.4 Å². The molecule has 112 valence electrons. The number of hydrogen-bond acceptors (Lipinski definition) is 5. The van der Waals surface area contributed by atoms with Gasteiger partial charge in [-0.05, 0) is 24.6 Å². The maximum atomic E-state index is 13.5. The van der Waals surface area contributed by atoms with E-state index in [-0.39, 0.29) is 12.2 Å². The lowest BCUT2D eigenvalue weighted by atomic mass is 10.2. The number of methoxy groups -OCH3 is 1. The van der Waals surface area contributed by atoms with Crippen LogP contribution in [0.2, 0.25) is 0 Å². The van der Waals surface area contributed by atoms with E-state index in [0.29, 0.717) is 0 Å². The van der Waals surface area contributed by atoms with Crippen LogP contribution in [0, 0.1) is 5.82 Å². The molecule has 0 saturated heterocycles. The van der Waals surface area contributed by atoms with Crippen LogP contribution in [0.15, 0.2) is 23.1 Å². The van der Waals surface area contributed by atoms with Gasteiger partial charge in [0.2, 0.25) is 10.0 Å². The minimum absolute atomic E-state index is 0.130. The Morgan fingerprint density at radius 2 is 2.15 bits per heavy atom. The average Bonchev–Trinajstić information content (AvgIpc) is 2.37. The third-order valence-electron chi connectivity index (χ3n) is 2.45. The summed E-state index contributed by atoms with van der Waals surface area (Å²) in [5.41, 5.74) is 0. The number of nitrogens with one attached hydrogen (secondary N) is 1. The number of sulfonamides is 1. The van der Waals surface area contributed by atoms with Crippen LogP contribution in [-0.4, -0.2) is 44.4 Å². The fraction of sp³-hybridized carbons (Fsp3) is 0.364. The van der Waals surface area contributed by atoms with Crippen molar-refractivity contribution in [2.45, 2.75) is 17.4 Å². The highest BCUT2D eigenvalue weighted by Gasteiger charge is 2.25. The van der Waals surface area contributed by atoms with Crippen molar-refractivity contribution in [2.75, 3.05) is 13.7 Å². The summed E-state index contributed by atoms with van der Waals surface area (Å²) in [6.45, 7) is -0.504. The fourth-order valence-electron chi connectivity index (χ4n) is 1.43. The van der Waals surface area contributed by atoms with Crippen molar-refractivity contribution in [1.82, 2.24) is 4.72 Å². The molecule has 0 saturated carbocycles. The van der Waals surface area contributed by atoms with Gasteiger partial charge in [0.15, 0.2) is 11.6 Å². The van der Waals surface area contributed by atoms with Crippen LogP contribution in [0.4, 0.5) is 4.39 Å². The molecule has 7 nitrogen and oxygen atoms in total. The van der Waals surface area contributed by atoms with Crippen molar-refractivity contribution in [3.63, 3.8) is 0 Å². The van der Waals surface area contributed by atoms with E-state index in [1.54, 1.807) is 0 Å². The Morgan fingerprint density at radius 3 is 2.60 bits per heavy atom. The Kier molecular flexibility index (Phi) is 5.43. The molecule has 0 fully saturated rings. The zero-order valence-corrected chi connectivity index (χ0v) is 11.4. The number of hydrogen-bond donors (Lipinski definition) is 3. The number of aliphatic carboxylic acids is 1. The van der Waals surface area contributed by atoms with Crippen molar-refractivity contribution in [3.05, 3.63) is 24.0 Å². The first kappa shape index (κ1) is 16.3. The van der Waals surface area contributed by atoms with E-state index in [2.05, 4.69) is 4.74 Å². The lowest BCUT2D eigenvalue weighted by Gasteiger charge is -2.14. The second kappa shape index (κ2) is 6.64. The third kappa shape index (κ3) is 3.89. The van der Waals surface area contributed by atoms with Crippen LogP contribution in [-0.2, 0) is 14.8 Å². The first-order chi connectivity index (χ1) is 9.31. The summed E-state index contributed by atoms with van der Waals surface area (Å²) in [7, 11) is -2.98. The molecule has 1 atom stereocenters. The maximum absolute atomic E-state index is 13.5. The standard InChI is InChI=1S/C11H14FNO6S/c1-19-10-3-2-7(6-8(10)12)20(17,18)13-9(4-5-14)11(15)16/h2-3,6,9,13-14H,4-5H2,1H3,(H,15,16). The van der Waals surface area contributed by atoms with Crippen molar-refractivity contribution in [3.8, 4) is 5.75 Å². The molecule has 0 aliphatic heterocycles. The minimum atomic E-state index is -4.21. The number of aliphatic hydroxyl groups is 1. The van der Waals surface area contributed by atoms with Crippen molar-refractivity contribution < 1.29 is 32.6 Å². The molecule has 0 spiro atoms. The smallest absolute Gasteiger partial charge is 0.321 e. The number of rotatable bonds is 7. The van der Waals surface area contributed by atoms with Crippen LogP contribution in [0.25, 0.3) is 0 Å². The number of ether oxygens (including phenoxy) is 1. The molecule has 0 amide bonds. The lowest BCUT2D eigenvalue weighted by molar-refractivity contribution is -0.139. The molecule has 3 N–H and O–H groups in total. The predicted octanol–water partition coefficient (Wildman–Crippen LogP) is -0.0518. The molecular weight excluding hydrogens is 293 g/mol. The molecule has 0 bridgehead atoms. The van der Waals surface area contributed by atoms with Crippen molar-refractivity contribution in [1.29, 1.82) is 0 Å². The summed E-state index contributed by atoms with van der Waals surface area (Å²) in [5, 5.41) is 17.5. The van der Waals surface area contributed by atoms with Gasteiger partial charge in [0, 0.05) is 6.61 Å². The number of halogens is 1. The molecule has 9 heteroatoms. The Hall–Kier alpha value is -1.71. The van der Waals surface area contributed by atoms with Gasteiger partial charge in [-0.25, -0.2) is 12.8 Å². The van der Waals surface area contributed by atoms with Crippen LogP contribution in [0.3, 0.4) is 0 Å². The summed E-state index contributed by atoms with van der Waals surface area (Å²) in [6, 6.07) is 1.43. The Balaban J connectivity index is 3.04. The van der Waals surface area contributed by atoms with Crippen LogP contribution < -0.4 is 9.46 Å². The van der Waals surface area contributed by atoms with Crippen LogP contribution in [0.1, 0.15) is 6.42 Å². The van der Waals surface area contributed by atoms with Gasteiger partial charge in [-0.15, -0.1) is 0 Å². The lowest BCUT2D eigenvalue weighted by Crippen LogP contribution is -2.41. The number of carboxylic acids is 1. The molecule has 1 rings (SSSR count). The second-order valence-electron chi connectivity index (χ2n) is 3.82. The van der Waals surface area contributed by atoms with Gasteiger partial charge < -0.3 is 14.9 Å². The number of aliphatic hydroxyl groups excluding tert-OH is 1. The summed E-state index contributed by atoms with van der Waals surface area (Å²) < 4.78 is 43.8. The molecule has 0 aliphatic carbocycles. The molecule has 0 radical (unpaired) electrons. The highest BCUT2D eigenvalue weighted by molar-refractivity contribution is 7.89. The van der Waals surface area contributed by atoms with Gasteiger partial charge in [0.05, 0.1) is 12.0 Å². The highest BCUT2D eigenvalue weighted by Crippen LogP contribution is 2.20. The molecular formula is C11H14FNO6S. The topological polar surface area (TPSA) is 113 Å². The van der Waals surface area contributed by atoms with E-state index in [0.717, 1.165) is 18.2 Å². The van der Waals surface area contributed by atoms with Crippen LogP contribution >= 0.6 is 0 Å². The molecule has 20 heavy (non-hydrogen) atoms. The van der Waals surface area contributed by atoms with Crippen molar-refractivity contribution >= 4 is 16.0 Å². The van der Waals surface area contributed by atoms with E-state index in [4.69, 9.17) is 10.2 Å². The first-order valence-corrected chi connectivity index (χ1v) is 6.99. The van der Waals surface area contributed by atoms with Crippen LogP contribution in [0.5, 0.6) is 5.75 Å². The fourth-order valence-corrected chi connectivity index (χ4v) is 2.67. The van der Waals surface area contributed by atoms with E-state index in [9.17, 15) is 17.6 Å². The molecule has 1 unspecified atom stereocenters. The molecule has 0 aliphatic rings. The summed E-state index contributed by atoms with van der Waals surface area (Å²) in [6.07, 6.45) is -0.298. The number of benzene rings is 1. The van der Waals surface area contributed by atoms with Gasteiger partial charge in [-0.1, -0.05) is 0 Å².